The van der Waals surface area contributed by atoms with E-state index in [1.807, 2.05) is 0 Å². The Morgan fingerprint density at radius 1 is 1.50 bits per heavy atom. The highest BCUT2D eigenvalue weighted by molar-refractivity contribution is 14.1. The van der Waals surface area contributed by atoms with Crippen LogP contribution in [-0.2, 0) is 13.0 Å². The summed E-state index contributed by atoms with van der Waals surface area (Å²) in [5.41, 5.74) is 0. The molecular formula is C7H9IN2. The van der Waals surface area contributed by atoms with E-state index in [0.717, 1.165) is 3.70 Å². The van der Waals surface area contributed by atoms with E-state index in [2.05, 4.69) is 38.3 Å². The van der Waals surface area contributed by atoms with Crippen LogP contribution in [0.5, 0.6) is 0 Å². The van der Waals surface area contributed by atoms with E-state index in [-0.39, 0.29) is 0 Å². The lowest BCUT2D eigenvalue weighted by Gasteiger charge is -2.11. The first-order valence-electron chi connectivity index (χ1n) is 3.58. The van der Waals surface area contributed by atoms with Gasteiger partial charge in [-0.25, -0.2) is 4.98 Å². The third-order valence-corrected chi connectivity index (χ3v) is 2.40. The van der Waals surface area contributed by atoms with Gasteiger partial charge in [0.2, 0.25) is 0 Å². The van der Waals surface area contributed by atoms with Gasteiger partial charge in [-0.2, -0.15) is 0 Å². The molecule has 0 atom stereocenters. The molecule has 10 heavy (non-hydrogen) atoms. The second-order valence-electron chi connectivity index (χ2n) is 2.63. The van der Waals surface area contributed by atoms with Gasteiger partial charge in [0.1, 0.15) is 9.53 Å². The molecule has 0 bridgehead atoms. The van der Waals surface area contributed by atoms with Crippen molar-refractivity contribution in [2.24, 2.45) is 0 Å². The minimum atomic E-state index is 1.13. The third-order valence-electron chi connectivity index (χ3n) is 1.88. The summed E-state index contributed by atoms with van der Waals surface area (Å²) in [4.78, 5) is 4.40. The van der Waals surface area contributed by atoms with Crippen molar-refractivity contribution in [3.05, 3.63) is 15.7 Å². The van der Waals surface area contributed by atoms with E-state index >= 15 is 0 Å². The van der Waals surface area contributed by atoms with Gasteiger partial charge in [0.25, 0.3) is 0 Å². The average Bonchev–Trinajstić information content (AvgIpc) is 2.27. The number of nitrogens with zero attached hydrogens (tertiary/aromatic N) is 2. The number of rotatable bonds is 0. The molecule has 2 nitrogen and oxygen atoms in total. The zero-order valence-corrected chi connectivity index (χ0v) is 7.84. The summed E-state index contributed by atoms with van der Waals surface area (Å²) in [6.45, 7) is 1.17. The molecule has 1 aliphatic heterocycles. The van der Waals surface area contributed by atoms with Crippen LogP contribution in [0.3, 0.4) is 0 Å². The van der Waals surface area contributed by atoms with Crippen molar-refractivity contribution < 1.29 is 0 Å². The SMILES string of the molecule is Ic1cn2c(n1)CCCC2. The maximum atomic E-state index is 4.40. The normalized spacial score (nSPS) is 16.9. The first kappa shape index (κ1) is 6.64. The highest BCUT2D eigenvalue weighted by atomic mass is 127. The smallest absolute Gasteiger partial charge is 0.119 e. The Hall–Kier alpha value is -0.0600. The lowest BCUT2D eigenvalue weighted by atomic mass is 10.2. The summed E-state index contributed by atoms with van der Waals surface area (Å²) in [5, 5.41) is 0. The highest BCUT2D eigenvalue weighted by Gasteiger charge is 2.09. The number of fused-ring (bicyclic) bond motifs is 1. The van der Waals surface area contributed by atoms with Crippen molar-refractivity contribution in [2.45, 2.75) is 25.8 Å². The Kier molecular flexibility index (Phi) is 1.68. The maximum absolute atomic E-state index is 4.40. The van der Waals surface area contributed by atoms with E-state index in [9.17, 15) is 0 Å². The zero-order valence-electron chi connectivity index (χ0n) is 5.68. The number of aryl methyl sites for hydroxylation is 2. The van der Waals surface area contributed by atoms with E-state index in [4.69, 9.17) is 0 Å². The maximum Gasteiger partial charge on any atom is 0.119 e. The number of hydrogen-bond acceptors (Lipinski definition) is 1. The molecule has 54 valence electrons. The zero-order chi connectivity index (χ0) is 6.97. The summed E-state index contributed by atoms with van der Waals surface area (Å²) >= 11 is 2.27. The molecule has 2 rings (SSSR count). The first-order chi connectivity index (χ1) is 4.86. The molecule has 1 aromatic heterocycles. The molecule has 0 radical (unpaired) electrons. The van der Waals surface area contributed by atoms with Crippen molar-refractivity contribution in [3.63, 3.8) is 0 Å². The van der Waals surface area contributed by atoms with Crippen LogP contribution in [0.25, 0.3) is 0 Å². The van der Waals surface area contributed by atoms with Crippen LogP contribution in [0.1, 0.15) is 18.7 Å². The van der Waals surface area contributed by atoms with Gasteiger partial charge in [-0.3, -0.25) is 0 Å². The van der Waals surface area contributed by atoms with Gasteiger partial charge in [-0.15, -0.1) is 0 Å². The van der Waals surface area contributed by atoms with Gasteiger partial charge in [0.05, 0.1) is 0 Å². The molecule has 0 aliphatic carbocycles. The van der Waals surface area contributed by atoms with Gasteiger partial charge in [-0.1, -0.05) is 0 Å². The van der Waals surface area contributed by atoms with Crippen LogP contribution in [0.15, 0.2) is 6.20 Å². The van der Waals surface area contributed by atoms with Crippen LogP contribution in [0.4, 0.5) is 0 Å². The average molecular weight is 248 g/mol. The van der Waals surface area contributed by atoms with Crippen molar-refractivity contribution in [1.29, 1.82) is 0 Å². The van der Waals surface area contributed by atoms with Crippen LogP contribution >= 0.6 is 22.6 Å². The van der Waals surface area contributed by atoms with E-state index in [1.165, 1.54) is 31.6 Å². The first-order valence-corrected chi connectivity index (χ1v) is 4.66. The summed E-state index contributed by atoms with van der Waals surface area (Å²) < 4.78 is 3.40. The minimum absolute atomic E-state index is 1.13. The quantitative estimate of drug-likeness (QED) is 0.640. The van der Waals surface area contributed by atoms with Gasteiger partial charge < -0.3 is 4.57 Å². The van der Waals surface area contributed by atoms with Gasteiger partial charge in [0, 0.05) is 19.2 Å². The van der Waals surface area contributed by atoms with E-state index in [1.54, 1.807) is 0 Å². The Labute approximate surface area is 73.8 Å². The summed E-state index contributed by atoms with van der Waals surface area (Å²) in [7, 11) is 0. The Morgan fingerprint density at radius 3 is 3.20 bits per heavy atom. The van der Waals surface area contributed by atoms with Crippen molar-refractivity contribution >= 4 is 22.6 Å². The molecule has 0 unspecified atom stereocenters. The molecular weight excluding hydrogens is 239 g/mol. The minimum Gasteiger partial charge on any atom is -0.334 e. The lowest BCUT2D eigenvalue weighted by molar-refractivity contribution is 0.522. The van der Waals surface area contributed by atoms with Gasteiger partial charge >= 0.3 is 0 Å². The number of hydrogen-bond donors (Lipinski definition) is 0. The fraction of sp³-hybridized carbons (Fsp3) is 0.571. The van der Waals surface area contributed by atoms with Crippen LogP contribution < -0.4 is 0 Å². The second kappa shape index (κ2) is 2.53. The second-order valence-corrected chi connectivity index (χ2v) is 3.74. The fourth-order valence-corrected chi connectivity index (χ4v) is 1.99. The predicted molar refractivity (Wildman–Crippen MR) is 47.9 cm³/mol. The van der Waals surface area contributed by atoms with Gasteiger partial charge in [-0.05, 0) is 35.4 Å². The summed E-state index contributed by atoms with van der Waals surface area (Å²) in [6, 6.07) is 0. The van der Waals surface area contributed by atoms with E-state index < -0.39 is 0 Å². The molecule has 0 amide bonds. The summed E-state index contributed by atoms with van der Waals surface area (Å²) in [5.74, 6) is 1.27. The lowest BCUT2D eigenvalue weighted by Crippen LogP contribution is -2.08. The Balaban J connectivity index is 2.41. The molecule has 0 saturated carbocycles. The Morgan fingerprint density at radius 2 is 2.40 bits per heavy atom. The monoisotopic (exact) mass is 248 g/mol. The van der Waals surface area contributed by atoms with E-state index in [0.29, 0.717) is 0 Å². The molecule has 0 saturated heterocycles. The molecule has 0 fully saturated rings. The molecule has 0 N–H and O–H groups in total. The molecule has 1 aliphatic rings. The van der Waals surface area contributed by atoms with Crippen molar-refractivity contribution in [2.75, 3.05) is 0 Å². The van der Waals surface area contributed by atoms with Crippen molar-refractivity contribution in [1.82, 2.24) is 9.55 Å². The van der Waals surface area contributed by atoms with Crippen LogP contribution in [0, 0.1) is 3.70 Å². The summed E-state index contributed by atoms with van der Waals surface area (Å²) in [6.07, 6.45) is 5.94. The molecule has 2 heterocycles. The van der Waals surface area contributed by atoms with Gasteiger partial charge in [0.15, 0.2) is 0 Å². The fourth-order valence-electron chi connectivity index (χ4n) is 1.38. The highest BCUT2D eigenvalue weighted by Crippen LogP contribution is 2.14. The standard InChI is InChI=1S/C7H9IN2/c8-6-5-10-4-2-1-3-7(10)9-6/h5H,1-4H2. The largest absolute Gasteiger partial charge is 0.334 e. The number of halogens is 1. The molecule has 1 aromatic rings. The van der Waals surface area contributed by atoms with Crippen LogP contribution in [-0.4, -0.2) is 9.55 Å². The molecule has 0 spiro atoms. The van der Waals surface area contributed by atoms with Crippen molar-refractivity contribution in [3.8, 4) is 0 Å². The third kappa shape index (κ3) is 1.07. The number of aromatic nitrogens is 2. The van der Waals surface area contributed by atoms with Crippen LogP contribution in [0.2, 0.25) is 0 Å². The predicted octanol–water partition coefficient (Wildman–Crippen LogP) is 1.82. The molecule has 3 heteroatoms. The topological polar surface area (TPSA) is 17.8 Å². The molecule has 0 aromatic carbocycles. The number of imidazole rings is 1. The Bertz CT molecular complexity index is 218.